The highest BCUT2D eigenvalue weighted by atomic mass is 16.5. The van der Waals surface area contributed by atoms with Crippen LogP contribution in [0.1, 0.15) is 12.5 Å². The zero-order valence-corrected chi connectivity index (χ0v) is 12.3. The molecule has 0 aliphatic rings. The van der Waals surface area contributed by atoms with E-state index in [4.69, 9.17) is 18.9 Å². The van der Waals surface area contributed by atoms with Crippen LogP contribution in [0.2, 0.25) is 0 Å². The highest BCUT2D eigenvalue weighted by molar-refractivity contribution is 5.55. The van der Waals surface area contributed by atoms with Crippen LogP contribution in [0.25, 0.3) is 0 Å². The Labute approximate surface area is 114 Å². The Balaban J connectivity index is 2.89. The van der Waals surface area contributed by atoms with Crippen molar-refractivity contribution >= 4 is 0 Å². The molecule has 108 valence electrons. The Bertz CT molecular complexity index is 395. The Kier molecular flexibility index (Phi) is 6.45. The third-order valence-electron chi connectivity index (χ3n) is 2.84. The lowest BCUT2D eigenvalue weighted by molar-refractivity contribution is 0.171. The first-order valence-electron chi connectivity index (χ1n) is 6.18. The summed E-state index contributed by atoms with van der Waals surface area (Å²) in [5, 5.41) is 3.36. The van der Waals surface area contributed by atoms with Gasteiger partial charge in [0.15, 0.2) is 11.5 Å². The summed E-state index contributed by atoms with van der Waals surface area (Å²) >= 11 is 0. The first-order valence-corrected chi connectivity index (χ1v) is 6.18. The number of nitrogens with one attached hydrogen (secondary N) is 1. The summed E-state index contributed by atoms with van der Waals surface area (Å²) in [5.74, 6) is 1.97. The Morgan fingerprint density at radius 1 is 1.00 bits per heavy atom. The fraction of sp³-hybridized carbons (Fsp3) is 0.571. The van der Waals surface area contributed by atoms with Crippen LogP contribution in [0.5, 0.6) is 17.2 Å². The quantitative estimate of drug-likeness (QED) is 0.780. The van der Waals surface area contributed by atoms with Crippen molar-refractivity contribution in [3.05, 3.63) is 17.7 Å². The summed E-state index contributed by atoms with van der Waals surface area (Å²) in [5.41, 5.74) is 1.02. The van der Waals surface area contributed by atoms with E-state index in [-0.39, 0.29) is 6.04 Å². The molecule has 0 bridgehead atoms. The number of hydrogen-bond donors (Lipinski definition) is 1. The number of rotatable bonds is 8. The van der Waals surface area contributed by atoms with Crippen LogP contribution in [0.3, 0.4) is 0 Å². The van der Waals surface area contributed by atoms with Crippen LogP contribution < -0.4 is 19.5 Å². The average Bonchev–Trinajstić information content (AvgIpc) is 2.43. The molecular weight excluding hydrogens is 246 g/mol. The second-order valence-corrected chi connectivity index (χ2v) is 4.23. The van der Waals surface area contributed by atoms with Gasteiger partial charge in [0.25, 0.3) is 0 Å². The largest absolute Gasteiger partial charge is 0.493 e. The maximum atomic E-state index is 5.43. The van der Waals surface area contributed by atoms with E-state index in [2.05, 4.69) is 12.2 Å². The number of benzene rings is 1. The average molecular weight is 269 g/mol. The van der Waals surface area contributed by atoms with Gasteiger partial charge in [-0.1, -0.05) is 6.07 Å². The lowest BCUT2D eigenvalue weighted by Crippen LogP contribution is -2.29. The van der Waals surface area contributed by atoms with E-state index in [1.807, 2.05) is 12.1 Å². The molecule has 5 heteroatoms. The van der Waals surface area contributed by atoms with Gasteiger partial charge in [-0.05, 0) is 13.0 Å². The van der Waals surface area contributed by atoms with Crippen molar-refractivity contribution in [1.29, 1.82) is 0 Å². The fourth-order valence-electron chi connectivity index (χ4n) is 1.90. The zero-order chi connectivity index (χ0) is 14.3. The molecule has 0 saturated heterocycles. The van der Waals surface area contributed by atoms with Crippen LogP contribution in [0, 0.1) is 0 Å². The number of hydrogen-bond acceptors (Lipinski definition) is 5. The summed E-state index contributed by atoms with van der Waals surface area (Å²) in [6, 6.07) is 4.11. The van der Waals surface area contributed by atoms with Gasteiger partial charge in [0.2, 0.25) is 5.75 Å². The molecule has 1 N–H and O–H groups in total. The van der Waals surface area contributed by atoms with Gasteiger partial charge in [-0.15, -0.1) is 0 Å². The van der Waals surface area contributed by atoms with Crippen LogP contribution in [0.15, 0.2) is 12.1 Å². The molecular formula is C14H23NO4. The lowest BCUT2D eigenvalue weighted by Gasteiger charge is -2.18. The van der Waals surface area contributed by atoms with Gasteiger partial charge >= 0.3 is 0 Å². The Hall–Kier alpha value is -1.46. The molecule has 0 saturated carbocycles. The van der Waals surface area contributed by atoms with E-state index < -0.39 is 0 Å². The fourth-order valence-corrected chi connectivity index (χ4v) is 1.90. The normalized spacial score (nSPS) is 12.1. The van der Waals surface area contributed by atoms with Crippen molar-refractivity contribution in [2.45, 2.75) is 19.5 Å². The van der Waals surface area contributed by atoms with Crippen molar-refractivity contribution in [2.75, 3.05) is 35.0 Å². The standard InChI is InChI=1S/C14H23NO4/c1-10(9-16-2)15-8-11-6-7-12(17-3)14(19-5)13(11)18-4/h6-7,10,15H,8-9H2,1-5H3/t10-/m1/s1. The molecule has 1 rings (SSSR count). The van der Waals surface area contributed by atoms with Crippen LogP contribution in [0.4, 0.5) is 0 Å². The maximum Gasteiger partial charge on any atom is 0.203 e. The van der Waals surface area contributed by atoms with E-state index in [0.29, 0.717) is 30.4 Å². The molecule has 5 nitrogen and oxygen atoms in total. The molecule has 0 heterocycles. The van der Waals surface area contributed by atoms with E-state index in [1.165, 1.54) is 0 Å². The van der Waals surface area contributed by atoms with Gasteiger partial charge in [-0.3, -0.25) is 0 Å². The Morgan fingerprint density at radius 3 is 2.21 bits per heavy atom. The van der Waals surface area contributed by atoms with Crippen LogP contribution in [-0.2, 0) is 11.3 Å². The lowest BCUT2D eigenvalue weighted by atomic mass is 10.1. The highest BCUT2D eigenvalue weighted by Crippen LogP contribution is 2.39. The minimum atomic E-state index is 0.266. The first kappa shape index (κ1) is 15.6. The van der Waals surface area contributed by atoms with E-state index in [1.54, 1.807) is 28.4 Å². The minimum Gasteiger partial charge on any atom is -0.493 e. The maximum absolute atomic E-state index is 5.43. The van der Waals surface area contributed by atoms with Gasteiger partial charge in [-0.2, -0.15) is 0 Å². The van der Waals surface area contributed by atoms with Crippen molar-refractivity contribution in [3.8, 4) is 17.2 Å². The van der Waals surface area contributed by atoms with Crippen LogP contribution in [-0.4, -0.2) is 41.1 Å². The third kappa shape index (κ3) is 4.01. The molecule has 0 unspecified atom stereocenters. The van der Waals surface area contributed by atoms with Gasteiger partial charge < -0.3 is 24.3 Å². The Morgan fingerprint density at radius 2 is 1.68 bits per heavy atom. The second-order valence-electron chi connectivity index (χ2n) is 4.23. The molecule has 0 radical (unpaired) electrons. The summed E-state index contributed by atoms with van der Waals surface area (Å²) in [7, 11) is 6.52. The molecule has 1 aromatic rings. The molecule has 0 spiro atoms. The van der Waals surface area contributed by atoms with E-state index in [0.717, 1.165) is 5.56 Å². The molecule has 0 fully saturated rings. The first-order chi connectivity index (χ1) is 9.17. The van der Waals surface area contributed by atoms with Crippen molar-refractivity contribution in [2.24, 2.45) is 0 Å². The van der Waals surface area contributed by atoms with Crippen molar-refractivity contribution in [1.82, 2.24) is 5.32 Å². The molecule has 0 aromatic heterocycles. The molecule has 0 aliphatic carbocycles. The van der Waals surface area contributed by atoms with Crippen LogP contribution >= 0.6 is 0 Å². The van der Waals surface area contributed by atoms with Crippen molar-refractivity contribution < 1.29 is 18.9 Å². The summed E-state index contributed by atoms with van der Waals surface area (Å²) in [6.45, 7) is 3.40. The molecule has 0 aliphatic heterocycles. The summed E-state index contributed by atoms with van der Waals surface area (Å²) in [4.78, 5) is 0. The minimum absolute atomic E-state index is 0.266. The topological polar surface area (TPSA) is 49.0 Å². The van der Waals surface area contributed by atoms with Gasteiger partial charge in [0.05, 0.1) is 27.9 Å². The van der Waals surface area contributed by atoms with Crippen molar-refractivity contribution in [3.63, 3.8) is 0 Å². The monoisotopic (exact) mass is 269 g/mol. The second kappa shape index (κ2) is 7.86. The molecule has 0 amide bonds. The molecule has 1 aromatic carbocycles. The SMILES string of the molecule is COC[C@@H](C)NCc1ccc(OC)c(OC)c1OC. The smallest absolute Gasteiger partial charge is 0.203 e. The van der Waals surface area contributed by atoms with Gasteiger partial charge in [-0.25, -0.2) is 0 Å². The van der Waals surface area contributed by atoms with Gasteiger partial charge in [0, 0.05) is 25.3 Å². The third-order valence-corrected chi connectivity index (χ3v) is 2.84. The van der Waals surface area contributed by atoms with Gasteiger partial charge in [0.1, 0.15) is 0 Å². The predicted molar refractivity (Wildman–Crippen MR) is 74.3 cm³/mol. The number of methoxy groups -OCH3 is 4. The molecule has 19 heavy (non-hydrogen) atoms. The summed E-state index contributed by atoms with van der Waals surface area (Å²) in [6.07, 6.45) is 0. The predicted octanol–water partition coefficient (Wildman–Crippen LogP) is 1.84. The van der Waals surface area contributed by atoms with E-state index in [9.17, 15) is 0 Å². The van der Waals surface area contributed by atoms with E-state index >= 15 is 0 Å². The zero-order valence-electron chi connectivity index (χ0n) is 12.3. The summed E-state index contributed by atoms with van der Waals surface area (Å²) < 4.78 is 21.1. The highest BCUT2D eigenvalue weighted by Gasteiger charge is 2.15. The number of ether oxygens (including phenoxy) is 4. The molecule has 1 atom stereocenters.